The molecule has 1 aliphatic rings. The number of rotatable bonds is 10. The van der Waals surface area contributed by atoms with Crippen LogP contribution in [0.2, 0.25) is 0 Å². The zero-order chi connectivity index (χ0) is 32.8. The lowest BCUT2D eigenvalue weighted by Crippen LogP contribution is -2.51. The zero-order valence-electron chi connectivity index (χ0n) is 25.1. The first kappa shape index (κ1) is 32.1. The van der Waals surface area contributed by atoms with Crippen molar-refractivity contribution in [2.45, 2.75) is 20.2 Å². The Kier molecular flexibility index (Phi) is 9.62. The van der Waals surface area contributed by atoms with Crippen molar-refractivity contribution < 1.29 is 32.2 Å². The van der Waals surface area contributed by atoms with Crippen LogP contribution in [0.4, 0.5) is 36.2 Å². The predicted molar refractivity (Wildman–Crippen MR) is 161 cm³/mol. The molecule has 1 aliphatic heterocycles. The number of halogens is 3. The van der Waals surface area contributed by atoms with Gasteiger partial charge in [0, 0.05) is 62.5 Å². The molecule has 2 amide bonds. The number of anilines is 4. The zero-order valence-corrected chi connectivity index (χ0v) is 25.1. The van der Waals surface area contributed by atoms with E-state index < -0.39 is 18.1 Å². The van der Waals surface area contributed by atoms with E-state index in [0.29, 0.717) is 61.7 Å². The Balaban J connectivity index is 1.42. The first-order valence-corrected chi connectivity index (χ1v) is 14.2. The summed E-state index contributed by atoms with van der Waals surface area (Å²) in [4.78, 5) is 38.6. The number of benzene rings is 1. The Morgan fingerprint density at radius 3 is 2.52 bits per heavy atom. The summed E-state index contributed by atoms with van der Waals surface area (Å²) in [5, 5.41) is 17.2. The van der Waals surface area contributed by atoms with Crippen molar-refractivity contribution >= 4 is 34.8 Å². The third kappa shape index (κ3) is 7.67. The molecule has 0 radical (unpaired) electrons. The minimum Gasteiger partial charge on any atom is -0.388 e. The van der Waals surface area contributed by atoms with Crippen LogP contribution in [-0.4, -0.2) is 92.8 Å². The lowest BCUT2D eigenvalue weighted by atomic mass is 10.1. The molecule has 242 valence electrons. The minimum atomic E-state index is -4.90. The summed E-state index contributed by atoms with van der Waals surface area (Å²) < 4.78 is 48.0. The third-order valence-corrected chi connectivity index (χ3v) is 6.89. The van der Waals surface area contributed by atoms with Crippen molar-refractivity contribution in [1.29, 1.82) is 0 Å². The fourth-order valence-corrected chi connectivity index (χ4v) is 4.62. The van der Waals surface area contributed by atoms with E-state index in [4.69, 9.17) is 4.74 Å². The van der Waals surface area contributed by atoms with Crippen LogP contribution in [-0.2, 0) is 4.74 Å². The van der Waals surface area contributed by atoms with Crippen LogP contribution in [0.3, 0.4) is 0 Å². The molecule has 17 heteroatoms. The predicted octanol–water partition coefficient (Wildman–Crippen LogP) is 4.01. The number of alkyl halides is 3. The number of pyridine rings is 1. The Morgan fingerprint density at radius 1 is 1.07 bits per heavy atom. The maximum atomic E-state index is 13.7. The number of ether oxygens (including phenoxy) is 2. The highest BCUT2D eigenvalue weighted by Crippen LogP contribution is 2.28. The van der Waals surface area contributed by atoms with Gasteiger partial charge in [0.25, 0.3) is 11.8 Å². The lowest BCUT2D eigenvalue weighted by molar-refractivity contribution is -0.276. The smallest absolute Gasteiger partial charge is 0.388 e. The second-order valence-corrected chi connectivity index (χ2v) is 9.97. The molecule has 0 aliphatic carbocycles. The van der Waals surface area contributed by atoms with Gasteiger partial charge in [-0.1, -0.05) is 6.07 Å². The van der Waals surface area contributed by atoms with Gasteiger partial charge in [-0.15, -0.1) is 13.2 Å². The number of aryl methyl sites for hydroxylation is 1. The van der Waals surface area contributed by atoms with Crippen molar-refractivity contribution in [1.82, 2.24) is 34.8 Å². The molecule has 0 unspecified atom stereocenters. The fraction of sp³-hybridized carbons (Fsp3) is 0.310. The molecule has 46 heavy (non-hydrogen) atoms. The summed E-state index contributed by atoms with van der Waals surface area (Å²) in [6.07, 6.45) is -2.54. The van der Waals surface area contributed by atoms with Crippen LogP contribution >= 0.6 is 0 Å². The van der Waals surface area contributed by atoms with Crippen LogP contribution in [0.5, 0.6) is 5.88 Å². The van der Waals surface area contributed by atoms with E-state index in [1.54, 1.807) is 42.4 Å². The normalized spacial score (nSPS) is 13.6. The minimum absolute atomic E-state index is 0.0238. The molecule has 4 aromatic rings. The van der Waals surface area contributed by atoms with Crippen LogP contribution in [0, 0.1) is 6.92 Å². The van der Waals surface area contributed by atoms with Gasteiger partial charge in [-0.05, 0) is 37.6 Å². The van der Waals surface area contributed by atoms with E-state index in [0.717, 1.165) is 17.8 Å². The van der Waals surface area contributed by atoms with Crippen molar-refractivity contribution in [3.63, 3.8) is 0 Å². The molecule has 0 atom stereocenters. The van der Waals surface area contributed by atoms with E-state index in [1.165, 1.54) is 17.1 Å². The molecule has 1 saturated heterocycles. The van der Waals surface area contributed by atoms with E-state index in [-0.39, 0.29) is 17.2 Å². The Bertz CT molecular complexity index is 1690. The van der Waals surface area contributed by atoms with Crippen molar-refractivity contribution in [2.75, 3.05) is 55.8 Å². The molecule has 14 nitrogen and oxygen atoms in total. The van der Waals surface area contributed by atoms with Gasteiger partial charge in [0.05, 0.1) is 18.8 Å². The monoisotopic (exact) mass is 640 g/mol. The Hall–Kier alpha value is -5.29. The van der Waals surface area contributed by atoms with Gasteiger partial charge in [-0.25, -0.2) is 20.0 Å². The first-order chi connectivity index (χ1) is 22.0. The van der Waals surface area contributed by atoms with Gasteiger partial charge in [0.15, 0.2) is 11.5 Å². The molecule has 3 aromatic heterocycles. The van der Waals surface area contributed by atoms with Crippen molar-refractivity contribution in [3.05, 3.63) is 71.8 Å². The Morgan fingerprint density at radius 2 is 1.85 bits per heavy atom. The number of carbonyl (C=O) groups excluding carboxylic acids is 2. The van der Waals surface area contributed by atoms with E-state index >= 15 is 0 Å². The second kappa shape index (κ2) is 13.8. The van der Waals surface area contributed by atoms with Gasteiger partial charge < -0.3 is 25.4 Å². The van der Waals surface area contributed by atoms with Gasteiger partial charge in [-0.2, -0.15) is 9.78 Å². The molecule has 4 heterocycles. The molecule has 0 spiro atoms. The largest absolute Gasteiger partial charge is 0.574 e. The van der Waals surface area contributed by atoms with E-state index in [2.05, 4.69) is 40.7 Å². The number of morpholine rings is 1. The number of hydrogen-bond acceptors (Lipinski definition) is 11. The average molecular weight is 641 g/mol. The first-order valence-electron chi connectivity index (χ1n) is 14.2. The number of carbonyl (C=O) groups is 2. The third-order valence-electron chi connectivity index (χ3n) is 6.89. The summed E-state index contributed by atoms with van der Waals surface area (Å²) in [6.45, 7) is 6.34. The van der Waals surface area contributed by atoms with Gasteiger partial charge in [0.2, 0.25) is 5.88 Å². The maximum Gasteiger partial charge on any atom is 0.574 e. The molecular formula is C29H31F3N10O4. The van der Waals surface area contributed by atoms with Crippen LogP contribution in [0.15, 0.2) is 55.0 Å². The molecule has 3 N–H and O–H groups in total. The average Bonchev–Trinajstić information content (AvgIpc) is 3.47. The summed E-state index contributed by atoms with van der Waals surface area (Å²) in [5.41, 5.74) is 1.97. The summed E-state index contributed by atoms with van der Waals surface area (Å²) in [7, 11) is 1.72. The SMILES string of the molecule is CCN(C(=O)c1cc(Nc2cc(NC(=O)c3ccc(OC(F)(F)F)nc3)ccc2C)n(-c2cc(NC)ncn2)n1)N1CCOCC1. The number of hydrazine groups is 1. The van der Waals surface area contributed by atoms with Crippen molar-refractivity contribution in [2.24, 2.45) is 0 Å². The molecule has 0 bridgehead atoms. The second-order valence-electron chi connectivity index (χ2n) is 9.97. The topological polar surface area (TPSA) is 152 Å². The molecule has 1 aromatic carbocycles. The molecule has 1 fully saturated rings. The molecular weight excluding hydrogens is 609 g/mol. The molecule has 5 rings (SSSR count). The molecule has 0 saturated carbocycles. The number of nitrogens with one attached hydrogen (secondary N) is 3. The summed E-state index contributed by atoms with van der Waals surface area (Å²) in [6, 6.07) is 10.5. The number of aromatic nitrogens is 5. The maximum absolute atomic E-state index is 13.7. The van der Waals surface area contributed by atoms with Crippen molar-refractivity contribution in [3.8, 4) is 11.7 Å². The van der Waals surface area contributed by atoms with Crippen LogP contribution < -0.4 is 20.7 Å². The highest BCUT2D eigenvalue weighted by molar-refractivity contribution is 6.04. The van der Waals surface area contributed by atoms with Crippen LogP contribution in [0.1, 0.15) is 33.3 Å². The fourth-order valence-electron chi connectivity index (χ4n) is 4.62. The summed E-state index contributed by atoms with van der Waals surface area (Å²) >= 11 is 0. The highest BCUT2D eigenvalue weighted by Gasteiger charge is 2.32. The standard InChI is InChI=1S/C29H31F3N10O4/c1-4-41(40-9-11-45-12-10-40)28(44)22-14-25(42(39-22)24-15-23(33-3)35-17-36-24)38-21-13-20(7-5-18(21)2)37-27(43)19-6-8-26(34-16-19)46-29(30,31)32/h5-8,13-17,38H,4,9-12H2,1-3H3,(H,37,43)(H,33,35,36). The quantitative estimate of drug-likeness (QED) is 0.231. The number of hydrogen-bond donors (Lipinski definition) is 3. The van der Waals surface area contributed by atoms with Crippen LogP contribution in [0.25, 0.3) is 5.82 Å². The number of amides is 2. The van der Waals surface area contributed by atoms with Gasteiger partial charge in [-0.3, -0.25) is 14.6 Å². The van der Waals surface area contributed by atoms with E-state index in [1.807, 2.05) is 18.9 Å². The Labute approximate surface area is 261 Å². The number of nitrogens with zero attached hydrogens (tertiary/aromatic N) is 7. The highest BCUT2D eigenvalue weighted by atomic mass is 19.4. The lowest BCUT2D eigenvalue weighted by Gasteiger charge is -2.36. The van der Waals surface area contributed by atoms with Gasteiger partial charge in [0.1, 0.15) is 18.0 Å². The summed E-state index contributed by atoms with van der Waals surface area (Å²) in [5.74, 6) is -0.232. The van der Waals surface area contributed by atoms with E-state index in [9.17, 15) is 22.8 Å². The van der Waals surface area contributed by atoms with Gasteiger partial charge >= 0.3 is 6.36 Å².